The molecule has 1 N–H and O–H groups in total. The fourth-order valence-electron chi connectivity index (χ4n) is 2.34. The van der Waals surface area contributed by atoms with Crippen LogP contribution in [-0.4, -0.2) is 18.0 Å². The van der Waals surface area contributed by atoms with Gasteiger partial charge in [-0.3, -0.25) is 0 Å². The predicted octanol–water partition coefficient (Wildman–Crippen LogP) is 4.46. The smallest absolute Gasteiger partial charge is 0.104 e. The fraction of sp³-hybridized carbons (Fsp3) is 0.118. The van der Waals surface area contributed by atoms with E-state index >= 15 is 0 Å². The van der Waals surface area contributed by atoms with E-state index < -0.39 is 6.10 Å². The summed E-state index contributed by atoms with van der Waals surface area (Å²) in [6.45, 7) is 0.525. The first kappa shape index (κ1) is 15.1. The number of aliphatic imine (C=N–C) groups is 1. The zero-order valence-corrected chi connectivity index (χ0v) is 13.2. The summed E-state index contributed by atoms with van der Waals surface area (Å²) >= 11 is 12.1. The van der Waals surface area contributed by atoms with Crippen LogP contribution in [0.15, 0.2) is 65.3 Å². The number of rotatable bonds is 3. The molecule has 1 aliphatic heterocycles. The van der Waals surface area contributed by atoms with Gasteiger partial charge in [-0.1, -0.05) is 47.5 Å². The molecule has 0 bridgehead atoms. The van der Waals surface area contributed by atoms with Gasteiger partial charge in [-0.25, -0.2) is 4.99 Å². The third-order valence-electron chi connectivity index (χ3n) is 3.50. The highest BCUT2D eigenvalue weighted by Crippen LogP contribution is 2.30. The number of aliphatic hydroxyl groups is 1. The lowest BCUT2D eigenvalue weighted by Crippen LogP contribution is -2.28. The monoisotopic (exact) mass is 332 g/mol. The Bertz CT molecular complexity index is 726. The van der Waals surface area contributed by atoms with Crippen molar-refractivity contribution in [3.63, 3.8) is 0 Å². The van der Waals surface area contributed by atoms with Crippen molar-refractivity contribution in [1.29, 1.82) is 0 Å². The highest BCUT2D eigenvalue weighted by molar-refractivity contribution is 6.33. The van der Waals surface area contributed by atoms with E-state index in [1.807, 2.05) is 41.3 Å². The van der Waals surface area contributed by atoms with Gasteiger partial charge in [0.15, 0.2) is 0 Å². The zero-order valence-electron chi connectivity index (χ0n) is 11.7. The quantitative estimate of drug-likeness (QED) is 0.900. The second-order valence-corrected chi connectivity index (χ2v) is 5.85. The summed E-state index contributed by atoms with van der Waals surface area (Å²) in [5.74, 6) is 0. The molecule has 3 nitrogen and oxygen atoms in total. The van der Waals surface area contributed by atoms with Crippen molar-refractivity contribution >= 4 is 35.2 Å². The number of anilines is 1. The lowest BCUT2D eigenvalue weighted by molar-refractivity contribution is 0.213. The number of hydrogen-bond donors (Lipinski definition) is 1. The van der Waals surface area contributed by atoms with Crippen molar-refractivity contribution in [3.8, 4) is 0 Å². The third-order valence-corrected chi connectivity index (χ3v) is 4.07. The third kappa shape index (κ3) is 3.17. The highest BCUT2D eigenvalue weighted by atomic mass is 35.5. The summed E-state index contributed by atoms with van der Waals surface area (Å²) < 4.78 is 0. The second-order valence-electron chi connectivity index (χ2n) is 5.00. The Labute approximate surface area is 139 Å². The number of benzene rings is 2. The summed E-state index contributed by atoms with van der Waals surface area (Å²) in [5.41, 5.74) is 2.44. The average molecular weight is 333 g/mol. The van der Waals surface area contributed by atoms with Crippen LogP contribution in [0.1, 0.15) is 11.7 Å². The van der Waals surface area contributed by atoms with E-state index in [1.165, 1.54) is 0 Å². The van der Waals surface area contributed by atoms with Crippen molar-refractivity contribution < 1.29 is 5.11 Å². The second kappa shape index (κ2) is 6.53. The lowest BCUT2D eigenvalue weighted by Gasteiger charge is -2.27. The Kier molecular flexibility index (Phi) is 4.48. The maximum absolute atomic E-state index is 10.5. The molecule has 0 saturated carbocycles. The Morgan fingerprint density at radius 2 is 1.77 bits per heavy atom. The van der Waals surface area contributed by atoms with Crippen LogP contribution in [0, 0.1) is 0 Å². The molecule has 0 aromatic heterocycles. The Hall–Kier alpha value is -1.81. The van der Waals surface area contributed by atoms with E-state index in [1.54, 1.807) is 24.7 Å². The van der Waals surface area contributed by atoms with Crippen molar-refractivity contribution in [3.05, 3.63) is 75.9 Å². The van der Waals surface area contributed by atoms with Crippen molar-refractivity contribution in [2.45, 2.75) is 6.10 Å². The summed E-state index contributed by atoms with van der Waals surface area (Å²) in [6, 6.07) is 14.7. The summed E-state index contributed by atoms with van der Waals surface area (Å²) in [7, 11) is 0. The Morgan fingerprint density at radius 1 is 1.05 bits per heavy atom. The van der Waals surface area contributed by atoms with Gasteiger partial charge in [0.05, 0.1) is 17.0 Å². The van der Waals surface area contributed by atoms with Gasteiger partial charge in [-0.2, -0.15) is 0 Å². The van der Waals surface area contributed by atoms with Crippen LogP contribution in [0.2, 0.25) is 10.0 Å². The van der Waals surface area contributed by atoms with E-state index in [9.17, 15) is 5.11 Å². The van der Waals surface area contributed by atoms with Crippen molar-refractivity contribution in [2.24, 2.45) is 4.99 Å². The molecule has 2 aromatic rings. The standard InChI is InChI=1S/C17H14Cl2N2O/c18-14-7-5-12(6-8-14)17(22)13-9-20-11-21(10-13)16-4-2-1-3-15(16)19/h1-9,11,17,22H,10H2. The molecule has 0 fully saturated rings. The molecular formula is C17H14Cl2N2O. The number of aliphatic hydroxyl groups excluding tert-OH is 1. The molecule has 0 saturated heterocycles. The minimum atomic E-state index is -0.722. The molecular weight excluding hydrogens is 319 g/mol. The van der Waals surface area contributed by atoms with E-state index in [-0.39, 0.29) is 0 Å². The first-order chi connectivity index (χ1) is 10.6. The minimum Gasteiger partial charge on any atom is -0.384 e. The number of halogens is 2. The zero-order chi connectivity index (χ0) is 15.5. The van der Waals surface area contributed by atoms with Crippen molar-refractivity contribution in [1.82, 2.24) is 0 Å². The van der Waals surface area contributed by atoms with Crippen LogP contribution in [0.3, 0.4) is 0 Å². The Morgan fingerprint density at radius 3 is 2.50 bits per heavy atom. The van der Waals surface area contributed by atoms with Gasteiger partial charge < -0.3 is 10.0 Å². The normalized spacial score (nSPS) is 15.6. The van der Waals surface area contributed by atoms with Crippen LogP contribution in [0.4, 0.5) is 5.69 Å². The summed E-state index contributed by atoms with van der Waals surface area (Å²) in [4.78, 5) is 6.13. The number of nitrogens with zero attached hydrogens (tertiary/aromatic N) is 2. The molecule has 0 amide bonds. The van der Waals surface area contributed by atoms with Crippen LogP contribution < -0.4 is 4.90 Å². The average Bonchev–Trinajstić information content (AvgIpc) is 2.55. The molecule has 1 atom stereocenters. The molecule has 0 spiro atoms. The maximum Gasteiger partial charge on any atom is 0.104 e. The van der Waals surface area contributed by atoms with Gasteiger partial charge in [0.2, 0.25) is 0 Å². The molecule has 1 aliphatic rings. The lowest BCUT2D eigenvalue weighted by atomic mass is 10.0. The molecule has 5 heteroatoms. The molecule has 3 rings (SSSR count). The van der Waals surface area contributed by atoms with Crippen LogP contribution >= 0.6 is 23.2 Å². The molecule has 0 radical (unpaired) electrons. The SMILES string of the molecule is OC(C1=CN=CN(c2ccccc2Cl)C1)c1ccc(Cl)cc1. The maximum atomic E-state index is 10.5. The van der Waals surface area contributed by atoms with Crippen LogP contribution in [0.5, 0.6) is 0 Å². The molecule has 1 heterocycles. The van der Waals surface area contributed by atoms with E-state index in [4.69, 9.17) is 23.2 Å². The van der Waals surface area contributed by atoms with Gasteiger partial charge in [-0.15, -0.1) is 0 Å². The summed E-state index contributed by atoms with van der Waals surface area (Å²) in [6.07, 6.45) is 2.67. The van der Waals surface area contributed by atoms with E-state index in [0.717, 1.165) is 16.8 Å². The molecule has 2 aromatic carbocycles. The molecule has 112 valence electrons. The highest BCUT2D eigenvalue weighted by Gasteiger charge is 2.19. The van der Waals surface area contributed by atoms with E-state index in [2.05, 4.69) is 4.99 Å². The van der Waals surface area contributed by atoms with Gasteiger partial charge >= 0.3 is 0 Å². The number of para-hydroxylation sites is 1. The minimum absolute atomic E-state index is 0.525. The van der Waals surface area contributed by atoms with Gasteiger partial charge in [-0.05, 0) is 29.8 Å². The first-order valence-electron chi connectivity index (χ1n) is 6.82. The van der Waals surface area contributed by atoms with Crippen molar-refractivity contribution in [2.75, 3.05) is 11.4 Å². The molecule has 1 unspecified atom stereocenters. The van der Waals surface area contributed by atoms with Gasteiger partial charge in [0.25, 0.3) is 0 Å². The Balaban J connectivity index is 1.81. The predicted molar refractivity (Wildman–Crippen MR) is 91.8 cm³/mol. The fourth-order valence-corrected chi connectivity index (χ4v) is 2.71. The molecule has 0 aliphatic carbocycles. The molecule has 22 heavy (non-hydrogen) atoms. The largest absolute Gasteiger partial charge is 0.384 e. The van der Waals surface area contributed by atoms with Crippen LogP contribution in [0.25, 0.3) is 0 Å². The van der Waals surface area contributed by atoms with Gasteiger partial charge in [0.1, 0.15) is 6.10 Å². The number of hydrogen-bond acceptors (Lipinski definition) is 3. The summed E-state index contributed by atoms with van der Waals surface area (Å²) in [5, 5.41) is 11.8. The van der Waals surface area contributed by atoms with Gasteiger partial charge in [0, 0.05) is 23.3 Å². The first-order valence-corrected chi connectivity index (χ1v) is 7.57. The van der Waals surface area contributed by atoms with Crippen LogP contribution in [-0.2, 0) is 0 Å². The van der Waals surface area contributed by atoms with E-state index in [0.29, 0.717) is 16.6 Å². The topological polar surface area (TPSA) is 35.8 Å².